The molecule has 0 aromatic heterocycles. The van der Waals surface area contributed by atoms with Crippen molar-refractivity contribution in [2.45, 2.75) is 64.2 Å². The molecule has 11 heteroatoms. The summed E-state index contributed by atoms with van der Waals surface area (Å²) in [7, 11) is 0. The van der Waals surface area contributed by atoms with Crippen LogP contribution in [0.3, 0.4) is 0 Å². The zero-order valence-electron chi connectivity index (χ0n) is 28.3. The van der Waals surface area contributed by atoms with Crippen molar-refractivity contribution in [2.75, 3.05) is 31.1 Å². The van der Waals surface area contributed by atoms with Gasteiger partial charge in [0.15, 0.2) is 11.6 Å². The van der Waals surface area contributed by atoms with Gasteiger partial charge in [-0.2, -0.15) is 8.78 Å². The Bertz CT molecular complexity index is 2360. The number of halogens is 4. The van der Waals surface area contributed by atoms with E-state index >= 15 is 0 Å². The molecule has 52 heavy (non-hydrogen) atoms. The molecule has 5 heterocycles. The fraction of sp³-hybridized carbons (Fsp3) is 0.341. The number of rotatable bonds is 4. The van der Waals surface area contributed by atoms with Crippen molar-refractivity contribution >= 4 is 23.2 Å². The molecule has 4 aromatic carbocycles. The van der Waals surface area contributed by atoms with Crippen LogP contribution in [0, 0.1) is 23.3 Å². The first-order valence-electron chi connectivity index (χ1n) is 18.0. The Morgan fingerprint density at radius 3 is 2.29 bits per heavy atom. The number of anilines is 1. The number of carboxylic acids is 1. The van der Waals surface area contributed by atoms with Gasteiger partial charge >= 0.3 is 5.97 Å². The predicted octanol–water partition coefficient (Wildman–Crippen LogP) is 5.04. The maximum atomic E-state index is 14.6. The Kier molecular flexibility index (Phi) is 7.86. The summed E-state index contributed by atoms with van der Waals surface area (Å²) in [6.45, 7) is 3.76. The maximum absolute atomic E-state index is 14.6. The van der Waals surface area contributed by atoms with E-state index in [2.05, 4.69) is 21.6 Å². The van der Waals surface area contributed by atoms with Crippen LogP contribution in [0.4, 0.5) is 23.2 Å². The third-order valence-electron chi connectivity index (χ3n) is 11.2. The summed E-state index contributed by atoms with van der Waals surface area (Å²) in [5.41, 5.74) is 6.48. The van der Waals surface area contributed by atoms with Crippen molar-refractivity contribution in [1.82, 2.24) is 4.58 Å². The summed E-state index contributed by atoms with van der Waals surface area (Å²) >= 11 is 0. The van der Waals surface area contributed by atoms with Gasteiger partial charge in [0.25, 0.3) is 0 Å². The van der Waals surface area contributed by atoms with Gasteiger partial charge in [-0.25, -0.2) is 18.2 Å². The second-order valence-electron chi connectivity index (χ2n) is 14.3. The van der Waals surface area contributed by atoms with Crippen LogP contribution in [0.5, 0.6) is 17.2 Å². The zero-order chi connectivity index (χ0) is 35.8. The van der Waals surface area contributed by atoms with Crippen molar-refractivity contribution in [3.8, 4) is 17.2 Å². The Balaban J connectivity index is 1.34. The van der Waals surface area contributed by atoms with Crippen molar-refractivity contribution in [3.05, 3.63) is 115 Å². The van der Waals surface area contributed by atoms with E-state index < -0.39 is 41.0 Å². The number of fused-ring (bicyclic) bond motifs is 4. The van der Waals surface area contributed by atoms with Gasteiger partial charge in [0.2, 0.25) is 22.7 Å². The van der Waals surface area contributed by atoms with Gasteiger partial charge in [-0.15, -0.1) is 0 Å². The number of nitrogens with zero attached hydrogens (tertiary/aromatic N) is 2. The number of carbonyl (C=O) groups is 2. The highest BCUT2D eigenvalue weighted by Gasteiger charge is 2.36. The molecule has 0 unspecified atom stereocenters. The fourth-order valence-electron chi connectivity index (χ4n) is 8.97. The summed E-state index contributed by atoms with van der Waals surface area (Å²) < 4.78 is 71.6. The summed E-state index contributed by atoms with van der Waals surface area (Å²) in [6.07, 6.45) is 9.13. The Hall–Kier alpha value is -5.19. The van der Waals surface area contributed by atoms with Crippen molar-refractivity contribution in [3.63, 3.8) is 0 Å². The van der Waals surface area contributed by atoms with Crippen LogP contribution in [0.2, 0.25) is 0 Å². The van der Waals surface area contributed by atoms with Crippen LogP contribution in [0.25, 0.3) is 5.57 Å². The molecule has 0 saturated heterocycles. The molecule has 0 saturated carbocycles. The smallest absolute Gasteiger partial charge is 0.343 e. The SMILES string of the molecule is O=C(Oc1c(F)c(F)cc(F)c1F)c1ccc(C(=O)[O-])c(C2=c3cc4c5c(c3Oc3c2cc2c6c3CCCN6CCCC2)CCC[N+]=5CCCC4)c1. The maximum Gasteiger partial charge on any atom is 0.343 e. The molecular formula is C41H34F4N2O5. The van der Waals surface area contributed by atoms with E-state index in [0.717, 1.165) is 119 Å². The molecule has 0 atom stereocenters. The zero-order valence-corrected chi connectivity index (χ0v) is 28.3. The van der Waals surface area contributed by atoms with Crippen LogP contribution in [-0.4, -0.2) is 38.1 Å². The normalized spacial score (nSPS) is 17.2. The third kappa shape index (κ3) is 5.10. The molecule has 0 aliphatic carbocycles. The van der Waals surface area contributed by atoms with Gasteiger partial charge in [0, 0.05) is 70.7 Å². The quantitative estimate of drug-likeness (QED) is 0.0856. The molecule has 9 rings (SSSR count). The van der Waals surface area contributed by atoms with E-state index in [1.807, 2.05) is 0 Å². The number of esters is 1. The minimum Gasteiger partial charge on any atom is -0.545 e. The van der Waals surface area contributed by atoms with Gasteiger partial charge in [0.1, 0.15) is 24.6 Å². The van der Waals surface area contributed by atoms with Gasteiger partial charge in [-0.3, -0.25) is 0 Å². The molecule has 0 fully saturated rings. The Labute approximate surface area is 296 Å². The van der Waals surface area contributed by atoms with Crippen molar-refractivity contribution < 1.29 is 41.7 Å². The van der Waals surface area contributed by atoms with E-state index in [1.165, 1.54) is 23.2 Å². The molecule has 0 amide bonds. The molecular weight excluding hydrogens is 676 g/mol. The van der Waals surface area contributed by atoms with E-state index in [0.29, 0.717) is 27.9 Å². The Morgan fingerprint density at radius 1 is 0.750 bits per heavy atom. The second-order valence-corrected chi connectivity index (χ2v) is 14.3. The van der Waals surface area contributed by atoms with Gasteiger partial charge in [-0.05, 0) is 86.8 Å². The first-order chi connectivity index (χ1) is 25.2. The lowest BCUT2D eigenvalue weighted by molar-refractivity contribution is -0.255. The Morgan fingerprint density at radius 2 is 1.48 bits per heavy atom. The van der Waals surface area contributed by atoms with Crippen molar-refractivity contribution in [2.24, 2.45) is 0 Å². The van der Waals surface area contributed by atoms with Crippen LogP contribution < -0.4 is 34.6 Å². The molecule has 7 nitrogen and oxygen atoms in total. The highest BCUT2D eigenvalue weighted by atomic mass is 19.2. The lowest BCUT2D eigenvalue weighted by Gasteiger charge is -2.36. The monoisotopic (exact) mass is 710 g/mol. The van der Waals surface area contributed by atoms with Gasteiger partial charge in [0.05, 0.1) is 17.1 Å². The topological polar surface area (TPSA) is 81.9 Å². The average molecular weight is 711 g/mol. The number of carbonyl (C=O) groups excluding carboxylic acids is 2. The number of ether oxygens (including phenoxy) is 2. The summed E-state index contributed by atoms with van der Waals surface area (Å²) in [6, 6.07) is 7.80. The number of aryl methyl sites for hydroxylation is 2. The second kappa shape index (κ2) is 12.5. The molecule has 5 aliphatic heterocycles. The number of carboxylic acid groups (broad SMARTS) is 1. The number of benzene rings is 4. The largest absolute Gasteiger partial charge is 0.545 e. The molecule has 0 spiro atoms. The summed E-state index contributed by atoms with van der Waals surface area (Å²) in [4.78, 5) is 28.8. The van der Waals surface area contributed by atoms with E-state index in [-0.39, 0.29) is 22.8 Å². The number of aromatic carboxylic acids is 1. The van der Waals surface area contributed by atoms with E-state index in [9.17, 15) is 32.3 Å². The van der Waals surface area contributed by atoms with Gasteiger partial charge in [-0.1, -0.05) is 6.07 Å². The lowest BCUT2D eigenvalue weighted by atomic mass is 9.82. The van der Waals surface area contributed by atoms with E-state index in [4.69, 9.17) is 9.47 Å². The third-order valence-corrected chi connectivity index (χ3v) is 11.2. The van der Waals surface area contributed by atoms with Crippen LogP contribution >= 0.6 is 0 Å². The molecule has 0 radical (unpaired) electrons. The number of hydrogen-bond acceptors (Lipinski definition) is 6. The molecule has 266 valence electrons. The van der Waals surface area contributed by atoms with Gasteiger partial charge < -0.3 is 24.3 Å². The molecule has 4 aromatic rings. The summed E-state index contributed by atoms with van der Waals surface area (Å²) in [5.74, 6) is -10.2. The standard InChI is InChI=1S/C41H34F4N2O5/c42-30-20-31(43)34(45)39(33(30)44)52-41(50)23-11-12-24(40(48)49)27(19-23)32-28-17-21-7-1-3-13-46-15-5-9-25(35(21)46)37(28)51-38-26-10-6-16-47-14-4-2-8-22(36(26)47)18-29(32)38/h11-12,17-20H,1-10,13-16H2. The first-order valence-corrected chi connectivity index (χ1v) is 18.0. The average Bonchev–Trinajstić information content (AvgIpc) is 3.49. The van der Waals surface area contributed by atoms with E-state index in [1.54, 1.807) is 0 Å². The highest BCUT2D eigenvalue weighted by molar-refractivity contribution is 6.01. The van der Waals surface area contributed by atoms with Crippen LogP contribution in [-0.2, 0) is 25.7 Å². The number of hydrogen-bond donors (Lipinski definition) is 0. The van der Waals surface area contributed by atoms with Crippen LogP contribution in [0.15, 0.2) is 36.4 Å². The van der Waals surface area contributed by atoms with Crippen LogP contribution in [0.1, 0.15) is 92.6 Å². The first kappa shape index (κ1) is 32.7. The molecule has 5 aliphatic rings. The predicted molar refractivity (Wildman–Crippen MR) is 182 cm³/mol. The molecule has 0 N–H and O–H groups in total. The summed E-state index contributed by atoms with van der Waals surface area (Å²) in [5, 5.41) is 14.7. The van der Waals surface area contributed by atoms with Crippen molar-refractivity contribution in [1.29, 1.82) is 0 Å². The minimum atomic E-state index is -1.87. The lowest BCUT2D eigenvalue weighted by Crippen LogP contribution is -2.41. The fourth-order valence-corrected chi connectivity index (χ4v) is 8.97. The minimum absolute atomic E-state index is 0.0197. The highest BCUT2D eigenvalue weighted by Crippen LogP contribution is 2.48. The molecule has 0 bridgehead atoms.